The van der Waals surface area contributed by atoms with E-state index >= 15 is 0 Å². The van der Waals surface area contributed by atoms with E-state index in [9.17, 15) is 10.1 Å². The molecule has 0 spiro atoms. The lowest BCUT2D eigenvalue weighted by atomic mass is 10.1. The maximum Gasteiger partial charge on any atom is 0.289 e. The summed E-state index contributed by atoms with van der Waals surface area (Å²) < 4.78 is 5.44. The summed E-state index contributed by atoms with van der Waals surface area (Å²) in [6.07, 6.45) is -0.305. The zero-order valence-corrected chi connectivity index (χ0v) is 11.0. The van der Waals surface area contributed by atoms with Crippen LogP contribution in [-0.2, 0) is 4.74 Å². The van der Waals surface area contributed by atoms with Crippen molar-refractivity contribution in [1.82, 2.24) is 0 Å². The molecule has 1 aliphatic heterocycles. The number of rotatable bonds is 3. The molecule has 1 aromatic rings. The van der Waals surface area contributed by atoms with Crippen molar-refractivity contribution >= 4 is 11.4 Å². The van der Waals surface area contributed by atoms with Gasteiger partial charge in [0.25, 0.3) is 5.69 Å². The van der Waals surface area contributed by atoms with Crippen molar-refractivity contribution in [3.63, 3.8) is 0 Å². The second-order valence-corrected chi connectivity index (χ2v) is 4.71. The van der Waals surface area contributed by atoms with Gasteiger partial charge in [-0.05, 0) is 19.1 Å². The van der Waals surface area contributed by atoms with Crippen LogP contribution < -0.4 is 4.90 Å². The second kappa shape index (κ2) is 5.86. The highest BCUT2D eigenvalue weighted by Crippen LogP contribution is 2.28. The van der Waals surface area contributed by atoms with Gasteiger partial charge in [-0.15, -0.1) is 0 Å². The number of hydrogen-bond acceptors (Lipinski definition) is 6. The molecule has 7 heteroatoms. The van der Waals surface area contributed by atoms with Crippen molar-refractivity contribution in [2.24, 2.45) is 0 Å². The fourth-order valence-corrected chi connectivity index (χ4v) is 2.23. The average molecular weight is 277 g/mol. The molecule has 1 aromatic carbocycles. The van der Waals surface area contributed by atoms with Crippen LogP contribution in [0, 0.1) is 21.4 Å². The van der Waals surface area contributed by atoms with Crippen LogP contribution in [-0.4, -0.2) is 41.9 Å². The van der Waals surface area contributed by atoms with Crippen LogP contribution in [0.15, 0.2) is 18.2 Å². The predicted octanol–water partition coefficient (Wildman–Crippen LogP) is 1.05. The Bertz CT molecular complexity index is 555. The third-order valence-corrected chi connectivity index (χ3v) is 3.34. The van der Waals surface area contributed by atoms with Gasteiger partial charge >= 0.3 is 0 Å². The summed E-state index contributed by atoms with van der Waals surface area (Å²) in [5.41, 5.74) is 0.493. The van der Waals surface area contributed by atoms with Crippen LogP contribution in [0.4, 0.5) is 11.4 Å². The van der Waals surface area contributed by atoms with Crippen molar-refractivity contribution < 1.29 is 14.8 Å². The smallest absolute Gasteiger partial charge is 0.289 e. The molecule has 1 aliphatic rings. The first kappa shape index (κ1) is 14.2. The quantitative estimate of drug-likeness (QED) is 0.655. The SMILES string of the molecule is CC1COC(CO)CN1c1ccc(C#N)c([N+](=O)[O-])c1. The second-order valence-electron chi connectivity index (χ2n) is 4.71. The zero-order valence-electron chi connectivity index (χ0n) is 11.0. The first-order chi connectivity index (χ1) is 9.56. The molecular formula is C13H15N3O4. The number of ether oxygens (including phenoxy) is 1. The van der Waals surface area contributed by atoms with Crippen LogP contribution in [0.5, 0.6) is 0 Å². The Labute approximate surface area is 116 Å². The van der Waals surface area contributed by atoms with Gasteiger partial charge in [0.15, 0.2) is 0 Å². The number of nitro groups is 1. The number of nitriles is 1. The fraction of sp³-hybridized carbons (Fsp3) is 0.462. The van der Waals surface area contributed by atoms with Gasteiger partial charge in [0.2, 0.25) is 0 Å². The highest BCUT2D eigenvalue weighted by Gasteiger charge is 2.27. The molecule has 7 nitrogen and oxygen atoms in total. The number of hydrogen-bond donors (Lipinski definition) is 1. The van der Waals surface area contributed by atoms with E-state index in [4.69, 9.17) is 15.1 Å². The number of aliphatic hydroxyl groups excluding tert-OH is 1. The van der Waals surface area contributed by atoms with Crippen molar-refractivity contribution in [3.05, 3.63) is 33.9 Å². The highest BCUT2D eigenvalue weighted by atomic mass is 16.6. The summed E-state index contributed by atoms with van der Waals surface area (Å²) in [6, 6.07) is 6.39. The Balaban J connectivity index is 2.34. The summed E-state index contributed by atoms with van der Waals surface area (Å²) in [4.78, 5) is 12.4. The van der Waals surface area contributed by atoms with E-state index < -0.39 is 4.92 Å². The van der Waals surface area contributed by atoms with Crippen molar-refractivity contribution in [1.29, 1.82) is 5.26 Å². The van der Waals surface area contributed by atoms with Crippen LogP contribution in [0.2, 0.25) is 0 Å². The van der Waals surface area contributed by atoms with Gasteiger partial charge in [-0.3, -0.25) is 10.1 Å². The normalized spacial score (nSPS) is 22.4. The Hall–Kier alpha value is -2.17. The molecule has 2 atom stereocenters. The summed E-state index contributed by atoms with van der Waals surface area (Å²) in [7, 11) is 0. The maximum atomic E-state index is 11.0. The lowest BCUT2D eigenvalue weighted by Gasteiger charge is -2.39. The van der Waals surface area contributed by atoms with Gasteiger partial charge in [0.05, 0.1) is 24.2 Å². The summed E-state index contributed by atoms with van der Waals surface area (Å²) >= 11 is 0. The predicted molar refractivity (Wildman–Crippen MR) is 71.4 cm³/mol. The van der Waals surface area contributed by atoms with E-state index in [1.54, 1.807) is 6.07 Å². The van der Waals surface area contributed by atoms with Crippen molar-refractivity contribution in [3.8, 4) is 6.07 Å². The highest BCUT2D eigenvalue weighted by molar-refractivity contribution is 5.60. The first-order valence-corrected chi connectivity index (χ1v) is 6.24. The Kier molecular flexibility index (Phi) is 4.17. The van der Waals surface area contributed by atoms with Gasteiger partial charge in [-0.2, -0.15) is 5.26 Å². The van der Waals surface area contributed by atoms with Gasteiger partial charge in [0, 0.05) is 24.3 Å². The lowest BCUT2D eigenvalue weighted by molar-refractivity contribution is -0.385. The van der Waals surface area contributed by atoms with Crippen molar-refractivity contribution in [2.75, 3.05) is 24.7 Å². The molecule has 106 valence electrons. The number of anilines is 1. The molecular weight excluding hydrogens is 262 g/mol. The molecule has 0 amide bonds. The van der Waals surface area contributed by atoms with E-state index in [1.165, 1.54) is 12.1 Å². The van der Waals surface area contributed by atoms with E-state index in [2.05, 4.69) is 0 Å². The average Bonchev–Trinajstić information content (AvgIpc) is 2.47. The van der Waals surface area contributed by atoms with Crippen LogP contribution in [0.25, 0.3) is 0 Å². The zero-order chi connectivity index (χ0) is 14.7. The summed E-state index contributed by atoms with van der Waals surface area (Å²) in [5.74, 6) is 0. The molecule has 1 N–H and O–H groups in total. The summed E-state index contributed by atoms with van der Waals surface area (Å²) in [6.45, 7) is 2.75. The Morgan fingerprint density at radius 2 is 2.40 bits per heavy atom. The van der Waals surface area contributed by atoms with E-state index in [-0.39, 0.29) is 30.0 Å². The first-order valence-electron chi connectivity index (χ1n) is 6.24. The number of benzene rings is 1. The number of morpholine rings is 1. The van der Waals surface area contributed by atoms with Crippen LogP contribution >= 0.6 is 0 Å². The Morgan fingerprint density at radius 3 is 3.00 bits per heavy atom. The monoisotopic (exact) mass is 277 g/mol. The van der Waals surface area contributed by atoms with Crippen LogP contribution in [0.1, 0.15) is 12.5 Å². The van der Waals surface area contributed by atoms with Gasteiger partial charge in [-0.25, -0.2) is 0 Å². The van der Waals surface area contributed by atoms with E-state index in [0.29, 0.717) is 18.8 Å². The molecule has 0 saturated carbocycles. The number of nitrogens with zero attached hydrogens (tertiary/aromatic N) is 3. The van der Waals surface area contributed by atoms with Crippen molar-refractivity contribution in [2.45, 2.75) is 19.1 Å². The number of aliphatic hydroxyl groups is 1. The molecule has 1 heterocycles. The third-order valence-electron chi connectivity index (χ3n) is 3.34. The molecule has 20 heavy (non-hydrogen) atoms. The fourth-order valence-electron chi connectivity index (χ4n) is 2.23. The van der Waals surface area contributed by atoms with E-state index in [1.807, 2.05) is 17.9 Å². The molecule has 2 unspecified atom stereocenters. The molecule has 0 aliphatic carbocycles. The molecule has 0 aromatic heterocycles. The standard InChI is InChI=1S/C13H15N3O4/c1-9-8-20-12(7-17)6-15(9)11-3-2-10(5-14)13(4-11)16(18)19/h2-4,9,12,17H,6-8H2,1H3. The lowest BCUT2D eigenvalue weighted by Crippen LogP contribution is -2.49. The van der Waals surface area contributed by atoms with Gasteiger partial charge in [0.1, 0.15) is 11.6 Å². The minimum Gasteiger partial charge on any atom is -0.394 e. The molecule has 0 bridgehead atoms. The Morgan fingerprint density at radius 1 is 1.65 bits per heavy atom. The van der Waals surface area contributed by atoms with Crippen LogP contribution in [0.3, 0.4) is 0 Å². The maximum absolute atomic E-state index is 11.0. The summed E-state index contributed by atoms with van der Waals surface area (Å²) in [5, 5.41) is 29.0. The van der Waals surface area contributed by atoms with Gasteiger partial charge < -0.3 is 14.7 Å². The van der Waals surface area contributed by atoms with E-state index in [0.717, 1.165) is 0 Å². The molecule has 0 radical (unpaired) electrons. The van der Waals surface area contributed by atoms with Gasteiger partial charge in [-0.1, -0.05) is 0 Å². The minimum atomic E-state index is -0.559. The molecule has 1 fully saturated rings. The molecule has 2 rings (SSSR count). The largest absolute Gasteiger partial charge is 0.394 e. The number of nitro benzene ring substituents is 1. The minimum absolute atomic E-state index is 0.0402. The third kappa shape index (κ3) is 2.71. The molecule has 1 saturated heterocycles. The topological polar surface area (TPSA) is 99.6 Å².